The number of aromatic nitrogens is 4. The van der Waals surface area contributed by atoms with Crippen molar-refractivity contribution in [1.29, 1.82) is 0 Å². The molecule has 0 unspecified atom stereocenters. The Hall–Kier alpha value is -1.65. The molecule has 1 N–H and O–H groups in total. The largest absolute Gasteiger partial charge is 0.341 e. The first-order chi connectivity index (χ1) is 8.24. The van der Waals surface area contributed by atoms with E-state index in [0.29, 0.717) is 16.4 Å². The van der Waals surface area contributed by atoms with Gasteiger partial charge in [-0.05, 0) is 23.7 Å². The fraction of sp³-hybridized carbons (Fsp3) is 0. The van der Waals surface area contributed by atoms with Gasteiger partial charge < -0.3 is 4.98 Å². The monoisotopic (exact) mass is 264 g/mol. The van der Waals surface area contributed by atoms with E-state index in [1.165, 1.54) is 0 Å². The molecule has 0 fully saturated rings. The molecule has 0 amide bonds. The van der Waals surface area contributed by atoms with Crippen LogP contribution >= 0.6 is 23.2 Å². The molecular weight excluding hydrogens is 259 g/mol. The van der Waals surface area contributed by atoms with E-state index in [1.807, 2.05) is 18.2 Å². The van der Waals surface area contributed by atoms with Crippen molar-refractivity contribution in [1.82, 2.24) is 19.9 Å². The number of hydrogen-bond donors (Lipinski definition) is 1. The lowest BCUT2D eigenvalue weighted by atomic mass is 10.1. The van der Waals surface area contributed by atoms with Crippen LogP contribution in [0.2, 0.25) is 10.3 Å². The fourth-order valence-corrected chi connectivity index (χ4v) is 2.01. The highest BCUT2D eigenvalue weighted by atomic mass is 35.5. The van der Waals surface area contributed by atoms with E-state index in [1.54, 1.807) is 12.4 Å². The first kappa shape index (κ1) is 10.5. The van der Waals surface area contributed by atoms with Crippen molar-refractivity contribution in [2.45, 2.75) is 0 Å². The van der Waals surface area contributed by atoms with Gasteiger partial charge in [0, 0.05) is 10.6 Å². The van der Waals surface area contributed by atoms with E-state index in [0.717, 1.165) is 11.1 Å². The minimum absolute atomic E-state index is 0.166. The number of rotatable bonds is 1. The van der Waals surface area contributed by atoms with Gasteiger partial charge in [-0.3, -0.25) is 0 Å². The summed E-state index contributed by atoms with van der Waals surface area (Å²) >= 11 is 11.8. The van der Waals surface area contributed by atoms with Crippen molar-refractivity contribution in [2.24, 2.45) is 0 Å². The summed E-state index contributed by atoms with van der Waals surface area (Å²) in [5.74, 6) is 0. The van der Waals surface area contributed by atoms with Gasteiger partial charge in [0.05, 0.1) is 6.33 Å². The van der Waals surface area contributed by atoms with Crippen LogP contribution in [0.25, 0.3) is 22.4 Å². The van der Waals surface area contributed by atoms with Crippen LogP contribution in [0.4, 0.5) is 0 Å². The van der Waals surface area contributed by atoms with Crippen LogP contribution < -0.4 is 0 Å². The van der Waals surface area contributed by atoms with Gasteiger partial charge in [-0.15, -0.1) is 0 Å². The summed E-state index contributed by atoms with van der Waals surface area (Å²) < 4.78 is 0. The van der Waals surface area contributed by atoms with Crippen LogP contribution in [-0.4, -0.2) is 19.9 Å². The maximum atomic E-state index is 5.96. The van der Waals surface area contributed by atoms with E-state index < -0.39 is 0 Å². The Morgan fingerprint density at radius 2 is 2.00 bits per heavy atom. The fourth-order valence-electron chi connectivity index (χ4n) is 1.65. The Bertz CT molecular complexity index is 693. The maximum Gasteiger partial charge on any atom is 0.225 e. The topological polar surface area (TPSA) is 54.5 Å². The molecule has 0 bridgehead atoms. The average Bonchev–Trinajstić information content (AvgIpc) is 2.75. The average molecular weight is 265 g/mol. The number of benzene rings is 1. The number of hydrogen-bond acceptors (Lipinski definition) is 3. The Labute approximate surface area is 107 Å². The lowest BCUT2D eigenvalue weighted by Crippen LogP contribution is -1.90. The van der Waals surface area contributed by atoms with Gasteiger partial charge in [-0.2, -0.15) is 4.98 Å². The third kappa shape index (κ3) is 1.85. The summed E-state index contributed by atoms with van der Waals surface area (Å²) in [4.78, 5) is 15.3. The first-order valence-corrected chi connectivity index (χ1v) is 5.62. The van der Waals surface area contributed by atoms with E-state index in [4.69, 9.17) is 23.2 Å². The second-order valence-corrected chi connectivity index (χ2v) is 4.23. The van der Waals surface area contributed by atoms with Gasteiger partial charge in [0.25, 0.3) is 0 Å². The SMILES string of the molecule is Clc1cccc(-c2nc(Cl)nc3nc[nH]c23)c1. The van der Waals surface area contributed by atoms with Crippen LogP contribution in [-0.2, 0) is 0 Å². The Balaban J connectivity index is 2.32. The van der Waals surface area contributed by atoms with Gasteiger partial charge in [0.15, 0.2) is 5.65 Å². The summed E-state index contributed by atoms with van der Waals surface area (Å²) in [5, 5.41) is 0.810. The van der Waals surface area contributed by atoms with Crippen molar-refractivity contribution in [3.63, 3.8) is 0 Å². The zero-order valence-corrected chi connectivity index (χ0v) is 10.00. The lowest BCUT2D eigenvalue weighted by molar-refractivity contribution is 1.20. The number of fused-ring (bicyclic) bond motifs is 1. The number of imidazole rings is 1. The molecule has 2 heterocycles. The van der Waals surface area contributed by atoms with Crippen LogP contribution in [0, 0.1) is 0 Å². The number of nitrogens with zero attached hydrogens (tertiary/aromatic N) is 3. The molecule has 0 aliphatic rings. The molecule has 3 rings (SSSR count). The summed E-state index contributed by atoms with van der Waals surface area (Å²) in [6.07, 6.45) is 1.56. The molecule has 0 saturated carbocycles. The molecule has 0 saturated heterocycles. The van der Waals surface area contributed by atoms with Gasteiger partial charge in [0.1, 0.15) is 11.2 Å². The quantitative estimate of drug-likeness (QED) is 0.686. The highest BCUT2D eigenvalue weighted by Gasteiger charge is 2.10. The highest BCUT2D eigenvalue weighted by molar-refractivity contribution is 6.31. The van der Waals surface area contributed by atoms with Gasteiger partial charge in [0.2, 0.25) is 5.28 Å². The van der Waals surface area contributed by atoms with Gasteiger partial charge >= 0.3 is 0 Å². The summed E-state index contributed by atoms with van der Waals surface area (Å²) in [7, 11) is 0. The number of nitrogens with one attached hydrogen (secondary N) is 1. The van der Waals surface area contributed by atoms with Crippen molar-refractivity contribution >= 4 is 34.4 Å². The molecule has 0 spiro atoms. The molecule has 0 aliphatic heterocycles. The minimum atomic E-state index is 0.166. The molecule has 17 heavy (non-hydrogen) atoms. The first-order valence-electron chi connectivity index (χ1n) is 4.86. The molecule has 4 nitrogen and oxygen atoms in total. The smallest absolute Gasteiger partial charge is 0.225 e. The Morgan fingerprint density at radius 3 is 2.82 bits per heavy atom. The molecular formula is C11H6Cl2N4. The second-order valence-electron chi connectivity index (χ2n) is 3.45. The van der Waals surface area contributed by atoms with Crippen LogP contribution in [0.3, 0.4) is 0 Å². The van der Waals surface area contributed by atoms with Crippen molar-refractivity contribution in [2.75, 3.05) is 0 Å². The predicted molar refractivity (Wildman–Crippen MR) is 67.1 cm³/mol. The molecule has 1 aromatic carbocycles. The van der Waals surface area contributed by atoms with Crippen molar-refractivity contribution in [3.05, 3.63) is 40.9 Å². The number of H-pyrrole nitrogens is 1. The van der Waals surface area contributed by atoms with Crippen molar-refractivity contribution in [3.8, 4) is 11.3 Å². The number of halogens is 2. The molecule has 0 aliphatic carbocycles. The molecule has 84 valence electrons. The number of aromatic amines is 1. The predicted octanol–water partition coefficient (Wildman–Crippen LogP) is 3.33. The summed E-state index contributed by atoms with van der Waals surface area (Å²) in [6, 6.07) is 7.39. The third-order valence-corrected chi connectivity index (χ3v) is 2.76. The highest BCUT2D eigenvalue weighted by Crippen LogP contribution is 2.26. The summed E-state index contributed by atoms with van der Waals surface area (Å²) in [6.45, 7) is 0. The van der Waals surface area contributed by atoms with Gasteiger partial charge in [-0.25, -0.2) is 9.97 Å². The lowest BCUT2D eigenvalue weighted by Gasteiger charge is -2.02. The standard InChI is InChI=1S/C11H6Cl2N4/c12-7-3-1-2-6(4-7)8-9-10(15-5-14-9)17-11(13)16-8/h1-5H,(H,14,15,16,17). The molecule has 2 aromatic heterocycles. The normalized spacial score (nSPS) is 10.9. The van der Waals surface area contributed by atoms with Crippen LogP contribution in [0.1, 0.15) is 0 Å². The van der Waals surface area contributed by atoms with Gasteiger partial charge in [-0.1, -0.05) is 23.7 Å². The molecule has 6 heteroatoms. The zero-order chi connectivity index (χ0) is 11.8. The Morgan fingerprint density at radius 1 is 1.12 bits per heavy atom. The van der Waals surface area contributed by atoms with Crippen LogP contribution in [0.5, 0.6) is 0 Å². The molecule has 0 atom stereocenters. The van der Waals surface area contributed by atoms with E-state index in [2.05, 4.69) is 19.9 Å². The second kappa shape index (κ2) is 3.98. The zero-order valence-electron chi connectivity index (χ0n) is 8.48. The Kier molecular flexibility index (Phi) is 2.46. The molecule has 3 aromatic rings. The van der Waals surface area contributed by atoms with E-state index in [-0.39, 0.29) is 5.28 Å². The van der Waals surface area contributed by atoms with Crippen LogP contribution in [0.15, 0.2) is 30.6 Å². The van der Waals surface area contributed by atoms with E-state index in [9.17, 15) is 0 Å². The third-order valence-electron chi connectivity index (χ3n) is 2.36. The summed E-state index contributed by atoms with van der Waals surface area (Å²) in [5.41, 5.74) is 2.85. The van der Waals surface area contributed by atoms with E-state index >= 15 is 0 Å². The maximum absolute atomic E-state index is 5.96. The van der Waals surface area contributed by atoms with Crippen molar-refractivity contribution < 1.29 is 0 Å². The minimum Gasteiger partial charge on any atom is -0.341 e. The molecule has 0 radical (unpaired) electrons.